The molecule has 0 atom stereocenters. The summed E-state index contributed by atoms with van der Waals surface area (Å²) >= 11 is 8.62. The van der Waals surface area contributed by atoms with E-state index in [2.05, 4.69) is 26.6 Å². The Morgan fingerprint density at radius 3 is 2.68 bits per heavy atom. The molecule has 144 valence electrons. The van der Waals surface area contributed by atoms with E-state index in [1.54, 1.807) is 49.6 Å². The lowest BCUT2D eigenvalue weighted by Crippen LogP contribution is -2.34. The van der Waals surface area contributed by atoms with Gasteiger partial charge < -0.3 is 19.6 Å². The van der Waals surface area contributed by atoms with Crippen LogP contribution >= 0.6 is 28.1 Å². The van der Waals surface area contributed by atoms with E-state index in [9.17, 15) is 4.79 Å². The van der Waals surface area contributed by atoms with E-state index in [4.69, 9.17) is 26.5 Å². The van der Waals surface area contributed by atoms with Crippen molar-refractivity contribution in [3.8, 4) is 17.1 Å². The molecule has 0 aliphatic carbocycles. The number of carbonyl (C=O) groups excluding carboxylic acids is 1. The summed E-state index contributed by atoms with van der Waals surface area (Å²) in [6.45, 7) is -0.174. The highest BCUT2D eigenvalue weighted by molar-refractivity contribution is 9.10. The van der Waals surface area contributed by atoms with Crippen LogP contribution in [0.3, 0.4) is 0 Å². The van der Waals surface area contributed by atoms with E-state index in [0.717, 1.165) is 5.56 Å². The highest BCUT2D eigenvalue weighted by Crippen LogP contribution is 2.31. The Kier molecular flexibility index (Phi) is 6.45. The van der Waals surface area contributed by atoms with Crippen molar-refractivity contribution in [1.82, 2.24) is 5.32 Å². The number of anilines is 1. The van der Waals surface area contributed by atoms with Gasteiger partial charge in [0.15, 0.2) is 5.11 Å². The molecule has 0 spiro atoms. The molecule has 0 aliphatic rings. The minimum Gasteiger partial charge on any atom is -0.495 e. The number of aliphatic hydroxyl groups is 1. The van der Waals surface area contributed by atoms with Gasteiger partial charge in [-0.1, -0.05) is 12.1 Å². The topological polar surface area (TPSA) is 83.7 Å². The number of hydrogen-bond donors (Lipinski definition) is 3. The van der Waals surface area contributed by atoms with Crippen molar-refractivity contribution in [2.45, 2.75) is 6.61 Å². The van der Waals surface area contributed by atoms with Crippen molar-refractivity contribution in [1.29, 1.82) is 0 Å². The Morgan fingerprint density at radius 2 is 2.00 bits per heavy atom. The van der Waals surface area contributed by atoms with Gasteiger partial charge in [0.25, 0.3) is 5.91 Å². The van der Waals surface area contributed by atoms with Crippen LogP contribution in [-0.2, 0) is 6.61 Å². The Bertz CT molecular complexity index is 1020. The van der Waals surface area contributed by atoms with E-state index in [-0.39, 0.29) is 17.6 Å². The van der Waals surface area contributed by atoms with Crippen molar-refractivity contribution < 1.29 is 19.1 Å². The highest BCUT2D eigenvalue weighted by Gasteiger charge is 2.14. The highest BCUT2D eigenvalue weighted by atomic mass is 79.9. The molecule has 0 aliphatic heterocycles. The van der Waals surface area contributed by atoms with Crippen LogP contribution in [0.4, 0.5) is 5.69 Å². The van der Waals surface area contributed by atoms with Crippen LogP contribution in [0.25, 0.3) is 11.3 Å². The first-order valence-electron chi connectivity index (χ1n) is 8.26. The first kappa shape index (κ1) is 20.1. The summed E-state index contributed by atoms with van der Waals surface area (Å²) in [4.78, 5) is 12.4. The molecule has 0 unspecified atom stereocenters. The lowest BCUT2D eigenvalue weighted by molar-refractivity contribution is 0.0977. The summed E-state index contributed by atoms with van der Waals surface area (Å²) < 4.78 is 11.6. The van der Waals surface area contributed by atoms with Crippen LogP contribution in [0, 0.1) is 0 Å². The van der Waals surface area contributed by atoms with Crippen LogP contribution < -0.4 is 15.4 Å². The summed E-state index contributed by atoms with van der Waals surface area (Å²) in [5.41, 5.74) is 1.81. The molecule has 1 heterocycles. The first-order valence-corrected chi connectivity index (χ1v) is 9.46. The van der Waals surface area contributed by atoms with Gasteiger partial charge in [0, 0.05) is 10.0 Å². The second kappa shape index (κ2) is 9.01. The van der Waals surface area contributed by atoms with Crippen LogP contribution in [0.15, 0.2) is 63.5 Å². The third-order valence-corrected chi connectivity index (χ3v) is 4.79. The fourth-order valence-corrected chi connectivity index (χ4v) is 3.21. The molecule has 2 aromatic carbocycles. The Morgan fingerprint density at radius 1 is 1.21 bits per heavy atom. The monoisotopic (exact) mass is 460 g/mol. The Hall–Kier alpha value is -2.68. The van der Waals surface area contributed by atoms with E-state index in [1.165, 1.54) is 0 Å². The number of halogens is 1. The predicted octanol–water partition coefficient (Wildman–Crippen LogP) is 4.34. The molecule has 1 amide bonds. The molecule has 3 aromatic rings. The van der Waals surface area contributed by atoms with Crippen LogP contribution in [0.1, 0.15) is 16.1 Å². The van der Waals surface area contributed by atoms with Gasteiger partial charge in [-0.25, -0.2) is 0 Å². The molecule has 0 saturated carbocycles. The number of nitrogens with one attached hydrogen (secondary N) is 2. The van der Waals surface area contributed by atoms with Gasteiger partial charge in [-0.3, -0.25) is 10.1 Å². The van der Waals surface area contributed by atoms with E-state index >= 15 is 0 Å². The number of aliphatic hydroxyl groups excluding tert-OH is 1. The van der Waals surface area contributed by atoms with Crippen molar-refractivity contribution in [3.05, 3.63) is 70.4 Å². The number of thiocarbonyl (C=S) groups is 1. The van der Waals surface area contributed by atoms with Crippen molar-refractivity contribution in [2.24, 2.45) is 0 Å². The van der Waals surface area contributed by atoms with Crippen molar-refractivity contribution in [3.63, 3.8) is 0 Å². The Balaban J connectivity index is 1.78. The summed E-state index contributed by atoms with van der Waals surface area (Å²) in [7, 11) is 1.54. The number of furan rings is 1. The summed E-state index contributed by atoms with van der Waals surface area (Å²) in [6.07, 6.45) is 0. The minimum absolute atomic E-state index is 0.131. The molecule has 0 radical (unpaired) electrons. The van der Waals surface area contributed by atoms with Gasteiger partial charge in [-0.05, 0) is 70.6 Å². The fraction of sp³-hybridized carbons (Fsp3) is 0.100. The molecule has 28 heavy (non-hydrogen) atoms. The van der Waals surface area contributed by atoms with E-state index in [1.807, 2.05) is 12.1 Å². The van der Waals surface area contributed by atoms with Gasteiger partial charge >= 0.3 is 0 Å². The lowest BCUT2D eigenvalue weighted by Gasteiger charge is -2.14. The number of hydrogen-bond acceptors (Lipinski definition) is 5. The maximum Gasteiger partial charge on any atom is 0.258 e. The average Bonchev–Trinajstić information content (AvgIpc) is 3.17. The number of benzene rings is 2. The van der Waals surface area contributed by atoms with Crippen molar-refractivity contribution >= 4 is 44.9 Å². The maximum absolute atomic E-state index is 12.4. The summed E-state index contributed by atoms with van der Waals surface area (Å²) in [5.74, 6) is 1.28. The lowest BCUT2D eigenvalue weighted by atomic mass is 10.1. The molecule has 1 aromatic heterocycles. The molecule has 3 rings (SSSR count). The van der Waals surface area contributed by atoms with Crippen LogP contribution in [0.2, 0.25) is 0 Å². The Labute approximate surface area is 175 Å². The third-order valence-electron chi connectivity index (χ3n) is 3.90. The SMILES string of the molecule is COc1ccc(-c2ccc(CO)o2)cc1NC(=S)NC(=O)c1ccccc1Br. The summed E-state index contributed by atoms with van der Waals surface area (Å²) in [6, 6.07) is 15.9. The molecule has 8 heteroatoms. The average molecular weight is 461 g/mol. The molecule has 0 bridgehead atoms. The first-order chi connectivity index (χ1) is 13.5. The number of methoxy groups -OCH3 is 1. The number of ether oxygens (including phenoxy) is 1. The number of rotatable bonds is 5. The predicted molar refractivity (Wildman–Crippen MR) is 114 cm³/mol. The normalized spacial score (nSPS) is 10.4. The van der Waals surface area contributed by atoms with Crippen LogP contribution in [0.5, 0.6) is 5.75 Å². The van der Waals surface area contributed by atoms with Crippen molar-refractivity contribution in [2.75, 3.05) is 12.4 Å². The van der Waals surface area contributed by atoms with Crippen LogP contribution in [-0.4, -0.2) is 23.2 Å². The molecule has 0 fully saturated rings. The van der Waals surface area contributed by atoms with Gasteiger partial charge in [-0.15, -0.1) is 0 Å². The molecule has 6 nitrogen and oxygen atoms in total. The van der Waals surface area contributed by atoms with Gasteiger partial charge in [0.1, 0.15) is 23.9 Å². The number of amides is 1. The second-order valence-corrected chi connectivity index (χ2v) is 6.99. The number of carbonyl (C=O) groups is 1. The molecule has 0 saturated heterocycles. The molecular formula is C20H17BrN2O4S. The molecular weight excluding hydrogens is 444 g/mol. The largest absolute Gasteiger partial charge is 0.495 e. The van der Waals surface area contributed by atoms with Gasteiger partial charge in [-0.2, -0.15) is 0 Å². The second-order valence-electron chi connectivity index (χ2n) is 5.73. The summed E-state index contributed by atoms with van der Waals surface area (Å²) in [5, 5.41) is 14.9. The fourth-order valence-electron chi connectivity index (χ4n) is 2.55. The standard InChI is InChI=1S/C20H17BrN2O4S/c1-26-18-8-6-12(17-9-7-13(11-24)27-17)10-16(18)22-20(28)23-19(25)14-4-2-3-5-15(14)21/h2-10,24H,11H2,1H3,(H2,22,23,25,28). The zero-order valence-corrected chi connectivity index (χ0v) is 17.3. The quantitative estimate of drug-likeness (QED) is 0.491. The smallest absolute Gasteiger partial charge is 0.258 e. The van der Waals surface area contributed by atoms with E-state index < -0.39 is 0 Å². The third kappa shape index (κ3) is 4.59. The van der Waals surface area contributed by atoms with Gasteiger partial charge in [0.2, 0.25) is 0 Å². The zero-order chi connectivity index (χ0) is 20.1. The van der Waals surface area contributed by atoms with E-state index in [0.29, 0.717) is 33.0 Å². The van der Waals surface area contributed by atoms with Gasteiger partial charge in [0.05, 0.1) is 18.4 Å². The maximum atomic E-state index is 12.4. The molecule has 3 N–H and O–H groups in total. The zero-order valence-electron chi connectivity index (χ0n) is 14.9. The minimum atomic E-state index is -0.335.